The third kappa shape index (κ3) is 3.83. The summed E-state index contributed by atoms with van der Waals surface area (Å²) in [6.07, 6.45) is 4.17. The predicted octanol–water partition coefficient (Wildman–Crippen LogP) is 1.11. The summed E-state index contributed by atoms with van der Waals surface area (Å²) in [6, 6.07) is 5.59. The lowest BCUT2D eigenvalue weighted by atomic mass is 9.88. The number of nitrogens with zero attached hydrogens (tertiary/aromatic N) is 3. The molecule has 8 nitrogen and oxygen atoms in total. The van der Waals surface area contributed by atoms with Gasteiger partial charge < -0.3 is 10.2 Å². The van der Waals surface area contributed by atoms with E-state index in [1.807, 2.05) is 6.07 Å². The van der Waals surface area contributed by atoms with Crippen LogP contribution in [0, 0.1) is 5.92 Å². The molecule has 0 saturated carbocycles. The number of imidazole rings is 1. The largest absolute Gasteiger partial charge is 0.329 e. The smallest absolute Gasteiger partial charge is 0.316 e. The molecule has 2 atom stereocenters. The third-order valence-corrected chi connectivity index (χ3v) is 7.37. The Balaban J connectivity index is 1.35. The van der Waals surface area contributed by atoms with Gasteiger partial charge in [-0.05, 0) is 81.4 Å². The van der Waals surface area contributed by atoms with Gasteiger partial charge in [0.05, 0.1) is 11.0 Å². The molecule has 0 bridgehead atoms. The van der Waals surface area contributed by atoms with E-state index in [0.717, 1.165) is 56.0 Å². The van der Waals surface area contributed by atoms with Gasteiger partial charge in [0.1, 0.15) is 6.04 Å². The highest BCUT2D eigenvalue weighted by atomic mass is 16.2. The second-order valence-electron chi connectivity index (χ2n) is 9.36. The molecule has 4 heterocycles. The van der Waals surface area contributed by atoms with Crippen molar-refractivity contribution in [1.82, 2.24) is 24.7 Å². The summed E-state index contributed by atoms with van der Waals surface area (Å²) in [6.45, 7) is 5.74. The zero-order valence-corrected chi connectivity index (χ0v) is 18.1. The lowest BCUT2D eigenvalue weighted by Crippen LogP contribution is -2.44. The zero-order valence-electron chi connectivity index (χ0n) is 18.1. The first kappa shape index (κ1) is 20.5. The van der Waals surface area contributed by atoms with Crippen molar-refractivity contribution in [3.05, 3.63) is 34.2 Å². The zero-order chi connectivity index (χ0) is 21.5. The molecule has 2 aromatic rings. The number of aryl methyl sites for hydroxylation is 1. The van der Waals surface area contributed by atoms with Crippen LogP contribution in [0.15, 0.2) is 23.0 Å². The number of aromatic nitrogens is 2. The Kier molecular flexibility index (Phi) is 5.44. The fraction of sp³-hybridized carbons (Fsp3) is 0.609. The highest BCUT2D eigenvalue weighted by Gasteiger charge is 2.31. The van der Waals surface area contributed by atoms with Crippen LogP contribution in [0.25, 0.3) is 11.0 Å². The molecule has 31 heavy (non-hydrogen) atoms. The first-order valence-electron chi connectivity index (χ1n) is 11.5. The van der Waals surface area contributed by atoms with Crippen molar-refractivity contribution < 1.29 is 9.59 Å². The molecule has 3 aliphatic heterocycles. The normalized spacial score (nSPS) is 26.0. The van der Waals surface area contributed by atoms with Gasteiger partial charge >= 0.3 is 5.69 Å². The molecular weight excluding hydrogens is 394 g/mol. The quantitative estimate of drug-likeness (QED) is 0.717. The minimum absolute atomic E-state index is 0.207. The van der Waals surface area contributed by atoms with Gasteiger partial charge in [-0.2, -0.15) is 0 Å². The van der Waals surface area contributed by atoms with E-state index in [1.54, 1.807) is 16.2 Å². The molecule has 3 saturated heterocycles. The van der Waals surface area contributed by atoms with Gasteiger partial charge in [-0.1, -0.05) is 6.07 Å². The van der Waals surface area contributed by atoms with Crippen LogP contribution < -0.4 is 16.3 Å². The van der Waals surface area contributed by atoms with E-state index in [4.69, 9.17) is 0 Å². The van der Waals surface area contributed by atoms with Crippen molar-refractivity contribution in [2.24, 2.45) is 13.0 Å². The van der Waals surface area contributed by atoms with Crippen molar-refractivity contribution in [2.45, 2.75) is 44.1 Å². The van der Waals surface area contributed by atoms with Gasteiger partial charge in [0.2, 0.25) is 11.8 Å². The van der Waals surface area contributed by atoms with E-state index in [1.165, 1.54) is 18.5 Å². The fourth-order valence-electron chi connectivity index (χ4n) is 5.55. The van der Waals surface area contributed by atoms with Crippen LogP contribution in [0.5, 0.6) is 0 Å². The summed E-state index contributed by atoms with van der Waals surface area (Å²) in [5.41, 5.74) is 2.68. The van der Waals surface area contributed by atoms with Crippen molar-refractivity contribution in [3.8, 4) is 0 Å². The van der Waals surface area contributed by atoms with Crippen LogP contribution in [0.1, 0.15) is 49.6 Å². The summed E-state index contributed by atoms with van der Waals surface area (Å²) in [4.78, 5) is 39.4. The van der Waals surface area contributed by atoms with Gasteiger partial charge in [-0.25, -0.2) is 4.79 Å². The van der Waals surface area contributed by atoms with Crippen LogP contribution >= 0.6 is 0 Å². The van der Waals surface area contributed by atoms with E-state index in [0.29, 0.717) is 12.3 Å². The molecule has 3 fully saturated rings. The van der Waals surface area contributed by atoms with Crippen molar-refractivity contribution >= 4 is 22.8 Å². The molecule has 166 valence electrons. The summed E-state index contributed by atoms with van der Waals surface area (Å²) in [5, 5.41) is 5.82. The van der Waals surface area contributed by atoms with E-state index in [2.05, 4.69) is 27.7 Å². The second-order valence-corrected chi connectivity index (χ2v) is 9.36. The molecule has 2 amide bonds. The first-order chi connectivity index (χ1) is 15.0. The van der Waals surface area contributed by atoms with Crippen molar-refractivity contribution in [2.75, 3.05) is 32.7 Å². The number of carbonyl (C=O) groups is 2. The van der Waals surface area contributed by atoms with Gasteiger partial charge in [0, 0.05) is 20.0 Å². The summed E-state index contributed by atoms with van der Waals surface area (Å²) < 4.78 is 3.18. The average molecular weight is 426 g/mol. The first-order valence-corrected chi connectivity index (χ1v) is 11.5. The number of fused-ring (bicyclic) bond motifs is 1. The number of amides is 2. The topological polar surface area (TPSA) is 88.4 Å². The number of rotatable bonds is 4. The lowest BCUT2D eigenvalue weighted by Gasteiger charge is -2.33. The monoisotopic (exact) mass is 425 g/mol. The number of carbonyl (C=O) groups excluding carboxylic acids is 2. The van der Waals surface area contributed by atoms with Gasteiger partial charge in [0.15, 0.2) is 0 Å². The second kappa shape index (κ2) is 8.24. The van der Waals surface area contributed by atoms with E-state index in [-0.39, 0.29) is 23.9 Å². The molecule has 1 aromatic carbocycles. The summed E-state index contributed by atoms with van der Waals surface area (Å²) in [7, 11) is 1.76. The maximum atomic E-state index is 13.0. The number of piperidine rings is 2. The number of imide groups is 1. The average Bonchev–Trinajstić information content (AvgIpc) is 3.36. The minimum Gasteiger partial charge on any atom is -0.316 e. The molecule has 0 aliphatic carbocycles. The lowest BCUT2D eigenvalue weighted by molar-refractivity contribution is -0.135. The molecule has 1 unspecified atom stereocenters. The van der Waals surface area contributed by atoms with Gasteiger partial charge in [0.25, 0.3) is 0 Å². The predicted molar refractivity (Wildman–Crippen MR) is 118 cm³/mol. The molecule has 2 N–H and O–H groups in total. The molecular formula is C23H31N5O3. The highest BCUT2D eigenvalue weighted by molar-refractivity contribution is 6.00. The third-order valence-electron chi connectivity index (χ3n) is 7.37. The van der Waals surface area contributed by atoms with Gasteiger partial charge in [-0.3, -0.25) is 24.0 Å². The van der Waals surface area contributed by atoms with Crippen molar-refractivity contribution in [1.29, 1.82) is 0 Å². The van der Waals surface area contributed by atoms with Crippen LogP contribution in [0.3, 0.4) is 0 Å². The molecule has 3 aliphatic rings. The van der Waals surface area contributed by atoms with E-state index < -0.39 is 6.04 Å². The molecule has 0 radical (unpaired) electrons. The molecule has 5 rings (SSSR count). The number of nitrogens with one attached hydrogen (secondary N) is 2. The Hall–Kier alpha value is -2.45. The Morgan fingerprint density at radius 2 is 1.84 bits per heavy atom. The van der Waals surface area contributed by atoms with Crippen LogP contribution in [0.2, 0.25) is 0 Å². The SMILES string of the molecule is Cn1c(=O)n(C2CCC(=O)NC2=O)c2ccc(C3CCN(C[C@@H]4CCNC4)CC3)cc21. The number of hydrogen-bond donors (Lipinski definition) is 2. The van der Waals surface area contributed by atoms with Crippen LogP contribution in [0.4, 0.5) is 0 Å². The molecule has 1 aromatic heterocycles. The minimum atomic E-state index is -0.631. The van der Waals surface area contributed by atoms with Gasteiger partial charge in [-0.15, -0.1) is 0 Å². The number of likely N-dealkylation sites (tertiary alicyclic amines) is 1. The van der Waals surface area contributed by atoms with Crippen LogP contribution in [-0.2, 0) is 16.6 Å². The molecule has 0 spiro atoms. The van der Waals surface area contributed by atoms with E-state index in [9.17, 15) is 14.4 Å². The van der Waals surface area contributed by atoms with Crippen LogP contribution in [-0.4, -0.2) is 58.6 Å². The number of hydrogen-bond acceptors (Lipinski definition) is 5. The highest BCUT2D eigenvalue weighted by Crippen LogP contribution is 2.31. The Labute approximate surface area is 181 Å². The maximum Gasteiger partial charge on any atom is 0.329 e. The summed E-state index contributed by atoms with van der Waals surface area (Å²) >= 11 is 0. The Morgan fingerprint density at radius 1 is 1.03 bits per heavy atom. The Morgan fingerprint density at radius 3 is 2.55 bits per heavy atom. The van der Waals surface area contributed by atoms with E-state index >= 15 is 0 Å². The number of benzene rings is 1. The Bertz CT molecular complexity index is 1060. The standard InChI is InChI=1S/C23H31N5O3/c1-26-20-12-17(16-7-10-27(11-8-16)14-15-6-9-24-13-15)2-3-18(20)28(23(26)31)19-4-5-21(29)25-22(19)30/h2-3,12,15-16,19,24H,4-11,13-14H2,1H3,(H,25,29,30)/t15-,19?/m1/s1. The maximum absolute atomic E-state index is 13.0. The fourth-order valence-corrected chi connectivity index (χ4v) is 5.55. The summed E-state index contributed by atoms with van der Waals surface area (Å²) in [5.74, 6) is 0.623. The van der Waals surface area contributed by atoms with Crippen molar-refractivity contribution in [3.63, 3.8) is 0 Å². The molecule has 8 heteroatoms.